The molecule has 0 aromatic heterocycles. The van der Waals surface area contributed by atoms with Gasteiger partial charge in [-0.2, -0.15) is 0 Å². The topological polar surface area (TPSA) is 20.2 Å². The van der Waals surface area contributed by atoms with E-state index in [0.29, 0.717) is 11.7 Å². The average Bonchev–Trinajstić information content (AvgIpc) is 3.55. The van der Waals surface area contributed by atoms with E-state index in [1.54, 1.807) is 11.1 Å². The summed E-state index contributed by atoms with van der Waals surface area (Å²) in [5, 5.41) is 10.9. The summed E-state index contributed by atoms with van der Waals surface area (Å²) in [6.07, 6.45) is 10.1. The van der Waals surface area contributed by atoms with Crippen LogP contribution in [-0.2, 0) is 12.8 Å². The minimum atomic E-state index is 0.460. The molecular formula is C27H30BrClO. The van der Waals surface area contributed by atoms with Crippen molar-refractivity contribution in [2.75, 3.05) is 0 Å². The molecule has 2 aromatic rings. The molecule has 2 aliphatic rings. The van der Waals surface area contributed by atoms with Gasteiger partial charge < -0.3 is 5.11 Å². The smallest absolute Gasteiger partial charge is 0.0882 e. The van der Waals surface area contributed by atoms with Crippen LogP contribution in [0.3, 0.4) is 0 Å². The fraction of sp³-hybridized carbons (Fsp3) is 0.407. The van der Waals surface area contributed by atoms with Crippen molar-refractivity contribution in [1.29, 1.82) is 0 Å². The standard InChI is InChI=1S/C27H30BrClO/c1-3-6-21(30)8-4-7-19-16-26(28)17(2)13-23(19)20-14-24(18-11-12-18)22-9-5-10-27(29)25(22)15-20/h5-6,9-10,13,16,20,30H,3-4,7-8,11-12,14-15H2,1-2H3/b21-6+. The van der Waals surface area contributed by atoms with E-state index in [4.69, 9.17) is 11.6 Å². The SMILES string of the molecule is CC/C=C(/O)CCCc1cc(Br)c(C)cc1C1CC(=C2CC2)c2cccc(Cl)c2C1. The number of aliphatic hydroxyl groups excluding tert-OH is 1. The molecule has 1 unspecified atom stereocenters. The molecule has 1 atom stereocenters. The highest BCUT2D eigenvalue weighted by molar-refractivity contribution is 9.10. The van der Waals surface area contributed by atoms with E-state index < -0.39 is 0 Å². The van der Waals surface area contributed by atoms with Gasteiger partial charge in [-0.15, -0.1) is 0 Å². The maximum Gasteiger partial charge on any atom is 0.0882 e. The van der Waals surface area contributed by atoms with E-state index in [1.165, 1.54) is 45.1 Å². The third kappa shape index (κ3) is 4.70. The largest absolute Gasteiger partial charge is 0.513 e. The molecule has 3 heteroatoms. The van der Waals surface area contributed by atoms with Gasteiger partial charge in [-0.1, -0.05) is 58.2 Å². The van der Waals surface area contributed by atoms with Crippen LogP contribution < -0.4 is 0 Å². The highest BCUT2D eigenvalue weighted by atomic mass is 79.9. The Morgan fingerprint density at radius 3 is 2.77 bits per heavy atom. The lowest BCUT2D eigenvalue weighted by Gasteiger charge is -2.30. The Hall–Kier alpha value is -1.51. The minimum Gasteiger partial charge on any atom is -0.513 e. The van der Waals surface area contributed by atoms with Crippen molar-refractivity contribution in [2.24, 2.45) is 0 Å². The molecule has 1 saturated carbocycles. The van der Waals surface area contributed by atoms with E-state index >= 15 is 0 Å². The molecule has 0 amide bonds. The minimum absolute atomic E-state index is 0.460. The monoisotopic (exact) mass is 484 g/mol. The van der Waals surface area contributed by atoms with Crippen molar-refractivity contribution in [2.45, 2.75) is 71.1 Å². The molecular weight excluding hydrogens is 456 g/mol. The van der Waals surface area contributed by atoms with Gasteiger partial charge in [-0.25, -0.2) is 0 Å². The first-order valence-electron chi connectivity index (χ1n) is 11.1. The van der Waals surface area contributed by atoms with Crippen LogP contribution in [0.25, 0.3) is 5.57 Å². The maximum atomic E-state index is 10.0. The summed E-state index contributed by atoms with van der Waals surface area (Å²) >= 11 is 10.4. The molecule has 0 heterocycles. The average molecular weight is 486 g/mol. The molecule has 1 fully saturated rings. The van der Waals surface area contributed by atoms with Gasteiger partial charge >= 0.3 is 0 Å². The van der Waals surface area contributed by atoms with Gasteiger partial charge in [0.15, 0.2) is 0 Å². The number of rotatable bonds is 6. The molecule has 1 N–H and O–H groups in total. The molecule has 2 aromatic carbocycles. The molecule has 4 rings (SSSR count). The third-order valence-electron chi connectivity index (χ3n) is 6.45. The summed E-state index contributed by atoms with van der Waals surface area (Å²) in [5.74, 6) is 0.978. The Morgan fingerprint density at radius 1 is 1.23 bits per heavy atom. The second kappa shape index (κ2) is 9.32. The summed E-state index contributed by atoms with van der Waals surface area (Å²) in [6.45, 7) is 4.24. The summed E-state index contributed by atoms with van der Waals surface area (Å²) < 4.78 is 1.17. The van der Waals surface area contributed by atoms with Crippen molar-refractivity contribution < 1.29 is 5.11 Å². The Labute approximate surface area is 194 Å². The summed E-state index contributed by atoms with van der Waals surface area (Å²) in [5.41, 5.74) is 10.0. The fourth-order valence-corrected chi connectivity index (χ4v) is 5.42. The number of hydrogen-bond acceptors (Lipinski definition) is 1. The third-order valence-corrected chi connectivity index (χ3v) is 7.66. The first kappa shape index (κ1) is 21.7. The van der Waals surface area contributed by atoms with Crippen LogP contribution in [0.4, 0.5) is 0 Å². The predicted octanol–water partition coefficient (Wildman–Crippen LogP) is 8.86. The zero-order valence-electron chi connectivity index (χ0n) is 17.9. The Bertz CT molecular complexity index is 1010. The number of allylic oxidation sites excluding steroid dienone is 4. The normalized spacial score (nSPS) is 18.5. The number of hydrogen-bond donors (Lipinski definition) is 1. The van der Waals surface area contributed by atoms with Crippen LogP contribution in [-0.4, -0.2) is 5.11 Å². The van der Waals surface area contributed by atoms with Crippen molar-refractivity contribution in [1.82, 2.24) is 0 Å². The highest BCUT2D eigenvalue weighted by Gasteiger charge is 2.31. The number of fused-ring (bicyclic) bond motifs is 1. The number of aliphatic hydroxyl groups is 1. The van der Waals surface area contributed by atoms with E-state index in [0.717, 1.165) is 43.5 Å². The van der Waals surface area contributed by atoms with E-state index in [9.17, 15) is 5.11 Å². The molecule has 0 aliphatic heterocycles. The van der Waals surface area contributed by atoms with Crippen LogP contribution in [0.2, 0.25) is 5.02 Å². The Kier molecular flexibility index (Phi) is 6.75. The molecule has 1 nitrogen and oxygen atoms in total. The number of aryl methyl sites for hydroxylation is 2. The van der Waals surface area contributed by atoms with Crippen LogP contribution in [0.15, 0.2) is 52.2 Å². The molecule has 0 radical (unpaired) electrons. The van der Waals surface area contributed by atoms with Crippen LogP contribution >= 0.6 is 27.5 Å². The Balaban J connectivity index is 1.66. The number of benzene rings is 2. The van der Waals surface area contributed by atoms with Gasteiger partial charge in [0.1, 0.15) is 0 Å². The van der Waals surface area contributed by atoms with Gasteiger partial charge in [-0.3, -0.25) is 0 Å². The lowest BCUT2D eigenvalue weighted by atomic mass is 9.75. The summed E-state index contributed by atoms with van der Waals surface area (Å²) in [4.78, 5) is 0. The molecule has 0 bridgehead atoms. The molecule has 30 heavy (non-hydrogen) atoms. The van der Waals surface area contributed by atoms with Crippen molar-refractivity contribution in [3.63, 3.8) is 0 Å². The highest BCUT2D eigenvalue weighted by Crippen LogP contribution is 2.49. The molecule has 158 valence electrons. The van der Waals surface area contributed by atoms with Crippen molar-refractivity contribution in [3.8, 4) is 0 Å². The Morgan fingerprint density at radius 2 is 2.03 bits per heavy atom. The van der Waals surface area contributed by atoms with E-state index in [-0.39, 0.29) is 0 Å². The predicted molar refractivity (Wildman–Crippen MR) is 131 cm³/mol. The van der Waals surface area contributed by atoms with Crippen LogP contribution in [0.1, 0.15) is 79.2 Å². The zero-order valence-corrected chi connectivity index (χ0v) is 20.2. The van der Waals surface area contributed by atoms with Gasteiger partial charge in [-0.05, 0) is 109 Å². The first-order chi connectivity index (χ1) is 14.5. The van der Waals surface area contributed by atoms with Crippen LogP contribution in [0, 0.1) is 6.92 Å². The fourth-order valence-electron chi connectivity index (χ4n) is 4.78. The summed E-state index contributed by atoms with van der Waals surface area (Å²) in [6, 6.07) is 11.1. The lowest BCUT2D eigenvalue weighted by molar-refractivity contribution is 0.381. The quantitative estimate of drug-likeness (QED) is 0.405. The van der Waals surface area contributed by atoms with E-state index in [2.05, 4.69) is 54.0 Å². The van der Waals surface area contributed by atoms with Gasteiger partial charge in [0.25, 0.3) is 0 Å². The maximum absolute atomic E-state index is 10.0. The van der Waals surface area contributed by atoms with Gasteiger partial charge in [0, 0.05) is 15.9 Å². The molecule has 0 saturated heterocycles. The van der Waals surface area contributed by atoms with Crippen LogP contribution in [0.5, 0.6) is 0 Å². The second-order valence-corrected chi connectivity index (χ2v) is 9.97. The molecule has 0 spiro atoms. The second-order valence-electron chi connectivity index (χ2n) is 8.71. The van der Waals surface area contributed by atoms with Gasteiger partial charge in [0.2, 0.25) is 0 Å². The first-order valence-corrected chi connectivity index (χ1v) is 12.3. The van der Waals surface area contributed by atoms with Crippen molar-refractivity contribution >= 4 is 33.1 Å². The lowest BCUT2D eigenvalue weighted by Crippen LogP contribution is -2.15. The van der Waals surface area contributed by atoms with E-state index in [1.807, 2.05) is 12.1 Å². The summed E-state index contributed by atoms with van der Waals surface area (Å²) in [7, 11) is 0. The molecule has 2 aliphatic carbocycles. The number of halogens is 2. The van der Waals surface area contributed by atoms with Crippen molar-refractivity contribution in [3.05, 3.63) is 85.1 Å². The van der Waals surface area contributed by atoms with Gasteiger partial charge in [0.05, 0.1) is 5.76 Å². The zero-order chi connectivity index (χ0) is 21.3.